The number of nitrogens with zero attached hydrogens (tertiary/aromatic N) is 1. The maximum atomic E-state index is 12.4. The van der Waals surface area contributed by atoms with Gasteiger partial charge in [0, 0.05) is 29.1 Å². The first-order valence-electron chi connectivity index (χ1n) is 7.45. The van der Waals surface area contributed by atoms with Gasteiger partial charge in [-0.15, -0.1) is 0 Å². The molecule has 0 spiro atoms. The molecule has 3 N–H and O–H groups in total. The van der Waals surface area contributed by atoms with E-state index in [4.69, 9.17) is 4.55 Å². The number of amides is 1. The third-order valence-electron chi connectivity index (χ3n) is 3.80. The standard InChI is InChI=1S/C17H12N2O7S/c20-13-7-11-8-14(27(24,25)26)5-6-15(11)16(9-13)18-17(21)10-1-3-12(4-2-10)19(22)23/h1-9,20H,(H,18,21)(H,24,25,26). The van der Waals surface area contributed by atoms with E-state index in [1.54, 1.807) is 0 Å². The number of nitro benzene ring substituents is 1. The number of nitro groups is 1. The summed E-state index contributed by atoms with van der Waals surface area (Å²) in [6.45, 7) is 0. The number of non-ortho nitro benzene ring substituents is 1. The smallest absolute Gasteiger partial charge is 0.294 e. The minimum Gasteiger partial charge on any atom is -0.508 e. The Morgan fingerprint density at radius 1 is 1.04 bits per heavy atom. The van der Waals surface area contributed by atoms with E-state index in [1.807, 2.05) is 0 Å². The first kappa shape index (κ1) is 18.3. The Morgan fingerprint density at radius 2 is 1.70 bits per heavy atom. The molecule has 0 fully saturated rings. The molecule has 0 saturated heterocycles. The van der Waals surface area contributed by atoms with Gasteiger partial charge in [-0.05, 0) is 35.7 Å². The van der Waals surface area contributed by atoms with E-state index >= 15 is 0 Å². The Hall–Kier alpha value is -3.50. The molecule has 0 aromatic heterocycles. The lowest BCUT2D eigenvalue weighted by molar-refractivity contribution is -0.384. The first-order chi connectivity index (χ1) is 12.6. The van der Waals surface area contributed by atoms with Gasteiger partial charge >= 0.3 is 0 Å². The highest BCUT2D eigenvalue weighted by Crippen LogP contribution is 2.31. The zero-order valence-electron chi connectivity index (χ0n) is 13.5. The van der Waals surface area contributed by atoms with Crippen LogP contribution in [0.5, 0.6) is 5.75 Å². The van der Waals surface area contributed by atoms with E-state index < -0.39 is 20.9 Å². The van der Waals surface area contributed by atoms with E-state index in [0.29, 0.717) is 5.39 Å². The molecule has 0 aliphatic carbocycles. The number of nitrogens with one attached hydrogen (secondary N) is 1. The van der Waals surface area contributed by atoms with Crippen molar-refractivity contribution in [1.29, 1.82) is 0 Å². The van der Waals surface area contributed by atoms with Crippen molar-refractivity contribution >= 4 is 38.2 Å². The maximum Gasteiger partial charge on any atom is 0.294 e. The van der Waals surface area contributed by atoms with Gasteiger partial charge in [0.1, 0.15) is 5.75 Å². The van der Waals surface area contributed by atoms with Gasteiger partial charge in [-0.3, -0.25) is 19.5 Å². The fraction of sp³-hybridized carbons (Fsp3) is 0. The zero-order valence-corrected chi connectivity index (χ0v) is 14.3. The second kappa shape index (κ2) is 6.67. The number of hydrogen-bond donors (Lipinski definition) is 3. The fourth-order valence-corrected chi connectivity index (χ4v) is 3.04. The summed E-state index contributed by atoms with van der Waals surface area (Å²) in [6, 6.07) is 11.2. The van der Waals surface area contributed by atoms with Crippen molar-refractivity contribution in [1.82, 2.24) is 0 Å². The van der Waals surface area contributed by atoms with Crippen LogP contribution in [0.15, 0.2) is 59.5 Å². The second-order valence-electron chi connectivity index (χ2n) is 5.61. The maximum absolute atomic E-state index is 12.4. The van der Waals surface area contributed by atoms with Gasteiger partial charge in [0.2, 0.25) is 0 Å². The molecule has 0 aliphatic heterocycles. The molecule has 0 saturated carbocycles. The van der Waals surface area contributed by atoms with Crippen molar-refractivity contribution in [3.8, 4) is 5.75 Å². The average Bonchev–Trinajstić information content (AvgIpc) is 2.60. The van der Waals surface area contributed by atoms with Gasteiger partial charge in [-0.1, -0.05) is 6.07 Å². The predicted molar refractivity (Wildman–Crippen MR) is 96.5 cm³/mol. The highest BCUT2D eigenvalue weighted by Gasteiger charge is 2.15. The number of carbonyl (C=O) groups is 1. The minimum atomic E-state index is -4.42. The number of benzene rings is 3. The summed E-state index contributed by atoms with van der Waals surface area (Å²) in [4.78, 5) is 22.1. The van der Waals surface area contributed by atoms with Crippen LogP contribution in [0.1, 0.15) is 10.4 Å². The Labute approximate surface area is 152 Å². The van der Waals surface area contributed by atoms with E-state index in [1.165, 1.54) is 42.5 Å². The number of fused-ring (bicyclic) bond motifs is 1. The molecule has 10 heteroatoms. The highest BCUT2D eigenvalue weighted by molar-refractivity contribution is 7.85. The van der Waals surface area contributed by atoms with Gasteiger partial charge in [-0.2, -0.15) is 8.42 Å². The van der Waals surface area contributed by atoms with Crippen molar-refractivity contribution in [2.75, 3.05) is 5.32 Å². The molecular weight excluding hydrogens is 376 g/mol. The first-order valence-corrected chi connectivity index (χ1v) is 8.89. The summed E-state index contributed by atoms with van der Waals surface area (Å²) >= 11 is 0. The van der Waals surface area contributed by atoms with Crippen molar-refractivity contribution in [3.05, 3.63) is 70.3 Å². The molecule has 0 atom stereocenters. The molecule has 0 heterocycles. The van der Waals surface area contributed by atoms with E-state index in [-0.39, 0.29) is 33.0 Å². The van der Waals surface area contributed by atoms with Crippen molar-refractivity contribution in [3.63, 3.8) is 0 Å². The van der Waals surface area contributed by atoms with Gasteiger partial charge in [0.05, 0.1) is 15.5 Å². The number of phenolic OH excluding ortho intramolecular Hbond substituents is 1. The molecule has 3 rings (SSSR count). The summed E-state index contributed by atoms with van der Waals surface area (Å²) < 4.78 is 31.7. The molecular formula is C17H12N2O7S. The van der Waals surface area contributed by atoms with Gasteiger partial charge < -0.3 is 10.4 Å². The Balaban J connectivity index is 1.98. The Bertz CT molecular complexity index is 1170. The quantitative estimate of drug-likeness (QED) is 0.354. The second-order valence-corrected chi connectivity index (χ2v) is 7.03. The fourth-order valence-electron chi connectivity index (χ4n) is 2.53. The SMILES string of the molecule is O=C(Nc1cc(O)cc2cc(S(=O)(=O)O)ccc12)c1ccc([N+](=O)[O-])cc1. The third kappa shape index (κ3) is 3.86. The minimum absolute atomic E-state index is 0.159. The summed E-state index contributed by atoms with van der Waals surface area (Å²) in [5.74, 6) is -0.801. The Morgan fingerprint density at radius 3 is 2.30 bits per heavy atom. The molecule has 0 bridgehead atoms. The monoisotopic (exact) mass is 388 g/mol. The van der Waals surface area contributed by atoms with Crippen LogP contribution in [0.3, 0.4) is 0 Å². The largest absolute Gasteiger partial charge is 0.508 e. The third-order valence-corrected chi connectivity index (χ3v) is 4.64. The molecule has 0 unspecified atom stereocenters. The summed E-state index contributed by atoms with van der Waals surface area (Å²) in [5.41, 5.74) is 0.203. The van der Waals surface area contributed by atoms with Crippen LogP contribution >= 0.6 is 0 Å². The van der Waals surface area contributed by atoms with Crippen LogP contribution in [-0.4, -0.2) is 28.9 Å². The van der Waals surface area contributed by atoms with Crippen LogP contribution in [0, 0.1) is 10.1 Å². The normalized spacial score (nSPS) is 11.3. The van der Waals surface area contributed by atoms with E-state index in [0.717, 1.165) is 12.1 Å². The van der Waals surface area contributed by atoms with Crippen molar-refractivity contribution in [2.24, 2.45) is 0 Å². The molecule has 3 aromatic rings. The predicted octanol–water partition coefficient (Wildman–Crippen LogP) is 2.95. The van der Waals surface area contributed by atoms with Gasteiger partial charge in [0.15, 0.2) is 0 Å². The zero-order chi connectivity index (χ0) is 19.8. The summed E-state index contributed by atoms with van der Waals surface area (Å²) in [6.07, 6.45) is 0. The van der Waals surface area contributed by atoms with Crippen LogP contribution in [-0.2, 0) is 10.1 Å². The van der Waals surface area contributed by atoms with Crippen molar-refractivity contribution in [2.45, 2.75) is 4.90 Å². The number of carbonyl (C=O) groups excluding carboxylic acids is 1. The van der Waals surface area contributed by atoms with Gasteiger partial charge in [-0.25, -0.2) is 0 Å². The van der Waals surface area contributed by atoms with Gasteiger partial charge in [0.25, 0.3) is 21.7 Å². The lowest BCUT2D eigenvalue weighted by atomic mass is 10.1. The molecule has 9 nitrogen and oxygen atoms in total. The topological polar surface area (TPSA) is 147 Å². The summed E-state index contributed by atoms with van der Waals surface area (Å²) in [5, 5.41) is 23.8. The summed E-state index contributed by atoms with van der Waals surface area (Å²) in [7, 11) is -4.42. The van der Waals surface area contributed by atoms with Crippen molar-refractivity contribution < 1.29 is 27.8 Å². The molecule has 1 amide bonds. The van der Waals surface area contributed by atoms with Crippen LogP contribution in [0.2, 0.25) is 0 Å². The number of rotatable bonds is 4. The van der Waals surface area contributed by atoms with Crippen LogP contribution in [0.4, 0.5) is 11.4 Å². The van der Waals surface area contributed by atoms with E-state index in [2.05, 4.69) is 5.32 Å². The molecule has 0 aliphatic rings. The lowest BCUT2D eigenvalue weighted by Crippen LogP contribution is -2.12. The highest BCUT2D eigenvalue weighted by atomic mass is 32.2. The number of phenols is 1. The average molecular weight is 388 g/mol. The number of anilines is 1. The van der Waals surface area contributed by atoms with E-state index in [9.17, 15) is 28.4 Å². The lowest BCUT2D eigenvalue weighted by Gasteiger charge is -2.11. The Kier molecular flexibility index (Phi) is 4.52. The number of aromatic hydroxyl groups is 1. The van der Waals surface area contributed by atoms with Crippen LogP contribution < -0.4 is 5.32 Å². The molecule has 0 radical (unpaired) electrons. The molecule has 27 heavy (non-hydrogen) atoms. The van der Waals surface area contributed by atoms with Crippen LogP contribution in [0.25, 0.3) is 10.8 Å². The molecule has 138 valence electrons. The number of hydrogen-bond acceptors (Lipinski definition) is 6. The molecule has 3 aromatic carbocycles.